The van der Waals surface area contributed by atoms with E-state index in [0.717, 1.165) is 30.6 Å². The van der Waals surface area contributed by atoms with Crippen molar-refractivity contribution in [1.29, 1.82) is 0 Å². The summed E-state index contributed by atoms with van der Waals surface area (Å²) in [7, 11) is 3.53. The summed E-state index contributed by atoms with van der Waals surface area (Å²) in [5.74, 6) is 1.58. The van der Waals surface area contributed by atoms with Crippen LogP contribution in [0.5, 0.6) is 17.2 Å². The lowest BCUT2D eigenvalue weighted by atomic mass is 9.90. The number of anilines is 2. The molecule has 0 spiro atoms. The number of rotatable bonds is 13. The molecule has 0 bridgehead atoms. The first-order chi connectivity index (χ1) is 22.1. The number of carbonyl (C=O) groups excluding carboxylic acids is 3. The molecule has 0 aliphatic carbocycles. The summed E-state index contributed by atoms with van der Waals surface area (Å²) in [6.07, 6.45) is 4.60. The first kappa shape index (κ1) is 32.7. The van der Waals surface area contributed by atoms with E-state index in [1.165, 1.54) is 0 Å². The molecule has 3 amide bonds. The zero-order chi connectivity index (χ0) is 32.8. The fourth-order valence-electron chi connectivity index (χ4n) is 5.74. The molecular formula is C35H43N5O6. The van der Waals surface area contributed by atoms with Crippen molar-refractivity contribution < 1.29 is 28.6 Å². The van der Waals surface area contributed by atoms with Gasteiger partial charge >= 0.3 is 0 Å². The largest absolute Gasteiger partial charge is 0.493 e. The van der Waals surface area contributed by atoms with Gasteiger partial charge in [0.15, 0.2) is 11.5 Å². The van der Waals surface area contributed by atoms with Crippen molar-refractivity contribution in [3.05, 3.63) is 72.1 Å². The topological polar surface area (TPSA) is 105 Å². The minimum absolute atomic E-state index is 0.0319. The van der Waals surface area contributed by atoms with E-state index in [9.17, 15) is 14.4 Å². The molecule has 2 aliphatic heterocycles. The van der Waals surface area contributed by atoms with Gasteiger partial charge in [-0.3, -0.25) is 24.3 Å². The van der Waals surface area contributed by atoms with Gasteiger partial charge in [-0.25, -0.2) is 0 Å². The van der Waals surface area contributed by atoms with Crippen LogP contribution in [-0.2, 0) is 27.3 Å². The highest BCUT2D eigenvalue weighted by atomic mass is 16.7. The van der Waals surface area contributed by atoms with Crippen LogP contribution in [0.2, 0.25) is 0 Å². The first-order valence-electron chi connectivity index (χ1n) is 15.7. The van der Waals surface area contributed by atoms with Crippen LogP contribution >= 0.6 is 0 Å². The second-order valence-corrected chi connectivity index (χ2v) is 12.2. The van der Waals surface area contributed by atoms with Crippen LogP contribution in [0.3, 0.4) is 0 Å². The number of likely N-dealkylation sites (N-methyl/N-ethyl adjacent to an activating group) is 1. The Kier molecular flexibility index (Phi) is 10.1. The van der Waals surface area contributed by atoms with Crippen molar-refractivity contribution >= 4 is 29.1 Å². The highest BCUT2D eigenvalue weighted by molar-refractivity contribution is 6.20. The lowest BCUT2D eigenvalue weighted by molar-refractivity contribution is -0.137. The van der Waals surface area contributed by atoms with Gasteiger partial charge in [-0.2, -0.15) is 0 Å². The zero-order valence-corrected chi connectivity index (χ0v) is 27.3. The number of benzene rings is 2. The van der Waals surface area contributed by atoms with Gasteiger partial charge in [0.1, 0.15) is 11.2 Å². The quantitative estimate of drug-likeness (QED) is 0.205. The second kappa shape index (κ2) is 14.2. The molecule has 11 heteroatoms. The molecule has 0 fully saturated rings. The van der Waals surface area contributed by atoms with Crippen LogP contribution in [0, 0.1) is 5.41 Å². The van der Waals surface area contributed by atoms with Gasteiger partial charge in [0.05, 0.1) is 24.4 Å². The summed E-state index contributed by atoms with van der Waals surface area (Å²) in [4.78, 5) is 50.8. The van der Waals surface area contributed by atoms with Gasteiger partial charge in [0.2, 0.25) is 24.5 Å². The SMILES string of the molecule is CCN1C(=O)C(C)(C)C(=O)N(C)c2cc(OCCCN(CCN(C)C(=O)Cc3ccc4c(c3)OCO4)Cc3ccncc3)ccc21. The maximum absolute atomic E-state index is 13.2. The summed E-state index contributed by atoms with van der Waals surface area (Å²) in [6.45, 7) is 9.11. The summed E-state index contributed by atoms with van der Waals surface area (Å²) in [5.41, 5.74) is 2.21. The summed E-state index contributed by atoms with van der Waals surface area (Å²) in [5, 5.41) is 0. The Bertz CT molecular complexity index is 1560. The molecule has 0 saturated heterocycles. The van der Waals surface area contributed by atoms with Crippen molar-refractivity contribution in [1.82, 2.24) is 14.8 Å². The van der Waals surface area contributed by atoms with E-state index < -0.39 is 5.41 Å². The molecule has 0 N–H and O–H groups in total. The number of aromatic nitrogens is 1. The Morgan fingerprint density at radius 2 is 1.70 bits per heavy atom. The van der Waals surface area contributed by atoms with E-state index in [-0.39, 0.29) is 30.9 Å². The van der Waals surface area contributed by atoms with Gasteiger partial charge in [-0.15, -0.1) is 0 Å². The van der Waals surface area contributed by atoms with Crippen molar-refractivity contribution in [3.63, 3.8) is 0 Å². The molecule has 46 heavy (non-hydrogen) atoms. The average molecular weight is 630 g/mol. The van der Waals surface area contributed by atoms with Crippen LogP contribution in [0.15, 0.2) is 60.9 Å². The van der Waals surface area contributed by atoms with Crippen molar-refractivity contribution in [2.75, 3.05) is 63.5 Å². The first-order valence-corrected chi connectivity index (χ1v) is 15.7. The van der Waals surface area contributed by atoms with Gasteiger partial charge in [0.25, 0.3) is 0 Å². The normalized spacial score (nSPS) is 15.2. The molecule has 0 atom stereocenters. The van der Waals surface area contributed by atoms with Crippen LogP contribution in [0.4, 0.5) is 11.4 Å². The molecule has 5 rings (SSSR count). The van der Waals surface area contributed by atoms with E-state index >= 15 is 0 Å². The number of pyridine rings is 1. The third kappa shape index (κ3) is 7.25. The van der Waals surface area contributed by atoms with Crippen LogP contribution in [-0.4, -0.2) is 86.2 Å². The molecule has 2 aliphatic rings. The van der Waals surface area contributed by atoms with Gasteiger partial charge in [-0.1, -0.05) is 6.07 Å². The van der Waals surface area contributed by atoms with Crippen LogP contribution < -0.4 is 24.0 Å². The summed E-state index contributed by atoms with van der Waals surface area (Å²) < 4.78 is 17.0. The number of fused-ring (bicyclic) bond motifs is 2. The van der Waals surface area contributed by atoms with Crippen LogP contribution in [0.25, 0.3) is 0 Å². The number of carbonyl (C=O) groups is 3. The third-order valence-corrected chi connectivity index (χ3v) is 8.55. The van der Waals surface area contributed by atoms with E-state index in [1.54, 1.807) is 48.0 Å². The molecule has 11 nitrogen and oxygen atoms in total. The van der Waals surface area contributed by atoms with Crippen molar-refractivity contribution in [2.24, 2.45) is 5.41 Å². The molecule has 0 saturated carbocycles. The summed E-state index contributed by atoms with van der Waals surface area (Å²) >= 11 is 0. The Hall–Kier alpha value is -4.64. The van der Waals surface area contributed by atoms with Crippen LogP contribution in [0.1, 0.15) is 38.3 Å². The number of ether oxygens (including phenoxy) is 3. The fourth-order valence-corrected chi connectivity index (χ4v) is 5.74. The Labute approximate surface area is 270 Å². The predicted octanol–water partition coefficient (Wildman–Crippen LogP) is 4.14. The highest BCUT2D eigenvalue weighted by Gasteiger charge is 2.45. The molecule has 0 unspecified atom stereocenters. The second-order valence-electron chi connectivity index (χ2n) is 12.2. The van der Waals surface area contributed by atoms with Gasteiger partial charge in [0, 0.05) is 65.3 Å². The lowest BCUT2D eigenvalue weighted by Gasteiger charge is -2.27. The fraction of sp³-hybridized carbons (Fsp3) is 0.429. The Morgan fingerprint density at radius 1 is 0.935 bits per heavy atom. The molecule has 1 aromatic heterocycles. The van der Waals surface area contributed by atoms with Crippen molar-refractivity contribution in [2.45, 2.75) is 40.2 Å². The maximum atomic E-state index is 13.2. The Morgan fingerprint density at radius 3 is 2.46 bits per heavy atom. The number of amides is 3. The highest BCUT2D eigenvalue weighted by Crippen LogP contribution is 2.40. The smallest absolute Gasteiger partial charge is 0.242 e. The van der Waals surface area contributed by atoms with Gasteiger partial charge in [-0.05, 0) is 74.7 Å². The van der Waals surface area contributed by atoms with E-state index in [2.05, 4.69) is 9.88 Å². The third-order valence-electron chi connectivity index (χ3n) is 8.55. The van der Waals surface area contributed by atoms with E-state index in [1.807, 2.05) is 62.5 Å². The van der Waals surface area contributed by atoms with Gasteiger partial charge < -0.3 is 28.9 Å². The van der Waals surface area contributed by atoms with Crippen molar-refractivity contribution in [3.8, 4) is 17.2 Å². The molecule has 0 radical (unpaired) electrons. The number of hydrogen-bond acceptors (Lipinski definition) is 8. The lowest BCUT2D eigenvalue weighted by Crippen LogP contribution is -2.47. The number of nitrogens with zero attached hydrogens (tertiary/aromatic N) is 5. The molecule has 3 aromatic rings. The molecule has 3 heterocycles. The monoisotopic (exact) mass is 629 g/mol. The summed E-state index contributed by atoms with van der Waals surface area (Å²) in [6, 6.07) is 15.1. The maximum Gasteiger partial charge on any atom is 0.242 e. The minimum atomic E-state index is -1.16. The molecular weight excluding hydrogens is 586 g/mol. The standard InChI is InChI=1S/C35H43N5O6/c1-6-40-28-10-9-27(22-29(28)38(5)33(42)35(2,3)34(40)43)44-19-7-16-39(23-25-12-14-36-15-13-25)18-17-37(4)32(41)21-26-8-11-30-31(20-26)46-24-45-30/h8-15,20,22H,6-7,16-19,21,23-24H2,1-5H3. The van der Waals surface area contributed by atoms with E-state index in [4.69, 9.17) is 14.2 Å². The number of hydrogen-bond donors (Lipinski definition) is 0. The predicted molar refractivity (Wildman–Crippen MR) is 175 cm³/mol. The average Bonchev–Trinajstić information content (AvgIpc) is 3.52. The van der Waals surface area contributed by atoms with E-state index in [0.29, 0.717) is 54.9 Å². The Balaban J connectivity index is 1.18. The zero-order valence-electron chi connectivity index (χ0n) is 27.3. The molecule has 2 aromatic carbocycles. The molecule has 244 valence electrons. The minimum Gasteiger partial charge on any atom is -0.493 e.